The van der Waals surface area contributed by atoms with E-state index >= 15 is 0 Å². The standard InChI is InChI=1S/C16H30N2O2/c1-12(2)15(19)11-16(20)18-9-7-14(8-10-18)17-13-5-3-4-6-13/h12-15,17,19H,3-11H2,1-2H3. The molecule has 4 nitrogen and oxygen atoms in total. The molecule has 0 aromatic carbocycles. The molecule has 2 fully saturated rings. The summed E-state index contributed by atoms with van der Waals surface area (Å²) >= 11 is 0. The molecule has 1 aliphatic heterocycles. The van der Waals surface area contributed by atoms with E-state index in [0.717, 1.165) is 25.9 Å². The highest BCUT2D eigenvalue weighted by molar-refractivity contribution is 5.76. The van der Waals surface area contributed by atoms with Gasteiger partial charge in [0.1, 0.15) is 0 Å². The van der Waals surface area contributed by atoms with Gasteiger partial charge >= 0.3 is 0 Å². The number of nitrogens with zero attached hydrogens (tertiary/aromatic N) is 1. The Balaban J connectivity index is 1.69. The van der Waals surface area contributed by atoms with Crippen LogP contribution in [0.5, 0.6) is 0 Å². The molecular formula is C16H30N2O2. The van der Waals surface area contributed by atoms with Crippen LogP contribution in [0.4, 0.5) is 0 Å². The Morgan fingerprint density at radius 1 is 1.15 bits per heavy atom. The Bertz CT molecular complexity index is 306. The monoisotopic (exact) mass is 282 g/mol. The number of piperidine rings is 1. The van der Waals surface area contributed by atoms with Crippen molar-refractivity contribution in [2.75, 3.05) is 13.1 Å². The van der Waals surface area contributed by atoms with Gasteiger partial charge in [0.2, 0.25) is 5.91 Å². The van der Waals surface area contributed by atoms with Gasteiger partial charge in [-0.1, -0.05) is 26.7 Å². The maximum atomic E-state index is 12.1. The Morgan fingerprint density at radius 2 is 1.70 bits per heavy atom. The third kappa shape index (κ3) is 4.45. The van der Waals surface area contributed by atoms with Crippen molar-refractivity contribution in [1.82, 2.24) is 10.2 Å². The highest BCUT2D eigenvalue weighted by Crippen LogP contribution is 2.21. The maximum absolute atomic E-state index is 12.1. The number of aliphatic hydroxyl groups excluding tert-OH is 1. The molecule has 1 heterocycles. The minimum atomic E-state index is -0.503. The zero-order valence-corrected chi connectivity index (χ0v) is 13.0. The largest absolute Gasteiger partial charge is 0.392 e. The summed E-state index contributed by atoms with van der Waals surface area (Å²) in [4.78, 5) is 14.0. The first-order valence-corrected chi connectivity index (χ1v) is 8.28. The Kier molecular flexibility index (Phi) is 5.85. The second kappa shape index (κ2) is 7.41. The molecule has 1 aliphatic carbocycles. The average Bonchev–Trinajstić information content (AvgIpc) is 2.92. The van der Waals surface area contributed by atoms with Gasteiger partial charge in [0.05, 0.1) is 12.5 Å². The van der Waals surface area contributed by atoms with Gasteiger partial charge in [0, 0.05) is 25.2 Å². The lowest BCUT2D eigenvalue weighted by atomic mass is 10.0. The Hall–Kier alpha value is -0.610. The molecule has 20 heavy (non-hydrogen) atoms. The number of amides is 1. The van der Waals surface area contributed by atoms with Crippen LogP contribution in [-0.2, 0) is 4.79 Å². The molecule has 116 valence electrons. The number of hydrogen-bond donors (Lipinski definition) is 2. The molecule has 1 amide bonds. The summed E-state index contributed by atoms with van der Waals surface area (Å²) in [6.45, 7) is 5.59. The van der Waals surface area contributed by atoms with Gasteiger partial charge in [-0.15, -0.1) is 0 Å². The van der Waals surface area contributed by atoms with Crippen LogP contribution in [-0.4, -0.2) is 47.2 Å². The van der Waals surface area contributed by atoms with Crippen molar-refractivity contribution in [2.45, 2.75) is 77.0 Å². The maximum Gasteiger partial charge on any atom is 0.225 e. The van der Waals surface area contributed by atoms with Gasteiger partial charge in [0.25, 0.3) is 0 Å². The Morgan fingerprint density at radius 3 is 2.25 bits per heavy atom. The highest BCUT2D eigenvalue weighted by Gasteiger charge is 2.26. The predicted octanol–water partition coefficient (Wildman–Crippen LogP) is 1.92. The summed E-state index contributed by atoms with van der Waals surface area (Å²) in [5.74, 6) is 0.269. The van der Waals surface area contributed by atoms with E-state index in [4.69, 9.17) is 0 Å². The molecule has 0 spiro atoms. The SMILES string of the molecule is CC(C)C(O)CC(=O)N1CCC(NC2CCCC2)CC1. The second-order valence-corrected chi connectivity index (χ2v) is 6.82. The van der Waals surface area contributed by atoms with E-state index in [9.17, 15) is 9.90 Å². The molecular weight excluding hydrogens is 252 g/mol. The average molecular weight is 282 g/mol. The van der Waals surface area contributed by atoms with Crippen LogP contribution < -0.4 is 5.32 Å². The van der Waals surface area contributed by atoms with Gasteiger partial charge in [0.15, 0.2) is 0 Å². The zero-order valence-electron chi connectivity index (χ0n) is 13.0. The van der Waals surface area contributed by atoms with Crippen LogP contribution in [0.25, 0.3) is 0 Å². The van der Waals surface area contributed by atoms with Crippen molar-refractivity contribution in [1.29, 1.82) is 0 Å². The zero-order chi connectivity index (χ0) is 14.5. The molecule has 0 radical (unpaired) electrons. The van der Waals surface area contributed by atoms with E-state index in [2.05, 4.69) is 5.32 Å². The van der Waals surface area contributed by atoms with Gasteiger partial charge < -0.3 is 15.3 Å². The quantitative estimate of drug-likeness (QED) is 0.810. The summed E-state index contributed by atoms with van der Waals surface area (Å²) < 4.78 is 0. The summed E-state index contributed by atoms with van der Waals surface area (Å²) in [6, 6.07) is 1.29. The molecule has 0 aromatic heterocycles. The van der Waals surface area contributed by atoms with E-state index in [-0.39, 0.29) is 18.2 Å². The normalized spacial score (nSPS) is 23.5. The topological polar surface area (TPSA) is 52.6 Å². The fraction of sp³-hybridized carbons (Fsp3) is 0.938. The fourth-order valence-electron chi connectivity index (χ4n) is 3.27. The van der Waals surface area contributed by atoms with Crippen LogP contribution in [0.1, 0.15) is 58.8 Å². The number of hydrogen-bond acceptors (Lipinski definition) is 3. The van der Waals surface area contributed by atoms with Crippen LogP contribution in [0.15, 0.2) is 0 Å². The molecule has 1 saturated heterocycles. The third-order valence-corrected chi connectivity index (χ3v) is 4.83. The summed E-state index contributed by atoms with van der Waals surface area (Å²) in [5.41, 5.74) is 0. The van der Waals surface area contributed by atoms with E-state index < -0.39 is 6.10 Å². The van der Waals surface area contributed by atoms with Crippen molar-refractivity contribution in [3.63, 3.8) is 0 Å². The van der Waals surface area contributed by atoms with E-state index in [0.29, 0.717) is 12.1 Å². The molecule has 0 bridgehead atoms. The summed E-state index contributed by atoms with van der Waals surface area (Å²) in [5, 5.41) is 13.6. The van der Waals surface area contributed by atoms with Crippen LogP contribution in [0.3, 0.4) is 0 Å². The molecule has 4 heteroatoms. The summed E-state index contributed by atoms with van der Waals surface area (Å²) in [7, 11) is 0. The number of aliphatic hydroxyl groups is 1. The Labute approximate surface area is 122 Å². The highest BCUT2D eigenvalue weighted by atomic mass is 16.3. The van der Waals surface area contributed by atoms with Crippen LogP contribution in [0, 0.1) is 5.92 Å². The smallest absolute Gasteiger partial charge is 0.225 e. The van der Waals surface area contributed by atoms with Crippen LogP contribution in [0.2, 0.25) is 0 Å². The van der Waals surface area contributed by atoms with E-state index in [1.54, 1.807) is 0 Å². The molecule has 1 atom stereocenters. The van der Waals surface area contributed by atoms with Gasteiger partial charge in [-0.3, -0.25) is 4.79 Å². The lowest BCUT2D eigenvalue weighted by Crippen LogP contribution is -2.47. The lowest BCUT2D eigenvalue weighted by molar-refractivity contribution is -0.135. The third-order valence-electron chi connectivity index (χ3n) is 4.83. The molecule has 0 aromatic rings. The van der Waals surface area contributed by atoms with Gasteiger partial charge in [-0.25, -0.2) is 0 Å². The molecule has 2 rings (SSSR count). The fourth-order valence-corrected chi connectivity index (χ4v) is 3.27. The van der Waals surface area contributed by atoms with Crippen molar-refractivity contribution in [3.05, 3.63) is 0 Å². The molecule has 2 aliphatic rings. The van der Waals surface area contributed by atoms with Gasteiger partial charge in [-0.2, -0.15) is 0 Å². The molecule has 1 unspecified atom stereocenters. The number of carbonyl (C=O) groups excluding carboxylic acids is 1. The van der Waals surface area contributed by atoms with Crippen molar-refractivity contribution in [3.8, 4) is 0 Å². The van der Waals surface area contributed by atoms with Crippen LogP contribution >= 0.6 is 0 Å². The lowest BCUT2D eigenvalue weighted by Gasteiger charge is -2.34. The minimum Gasteiger partial charge on any atom is -0.392 e. The first kappa shape index (κ1) is 15.8. The number of nitrogens with one attached hydrogen (secondary N) is 1. The minimum absolute atomic E-state index is 0.116. The molecule has 2 N–H and O–H groups in total. The van der Waals surface area contributed by atoms with E-state index in [1.807, 2.05) is 18.7 Å². The number of carbonyl (C=O) groups is 1. The van der Waals surface area contributed by atoms with E-state index in [1.165, 1.54) is 25.7 Å². The van der Waals surface area contributed by atoms with Crippen molar-refractivity contribution in [2.24, 2.45) is 5.92 Å². The predicted molar refractivity (Wildman–Crippen MR) is 80.5 cm³/mol. The number of likely N-dealkylation sites (tertiary alicyclic amines) is 1. The number of rotatable bonds is 5. The first-order chi connectivity index (χ1) is 9.56. The second-order valence-electron chi connectivity index (χ2n) is 6.82. The summed E-state index contributed by atoms with van der Waals surface area (Å²) in [6.07, 6.45) is 7.25. The molecule has 1 saturated carbocycles. The van der Waals surface area contributed by atoms with Crippen molar-refractivity contribution < 1.29 is 9.90 Å². The van der Waals surface area contributed by atoms with Gasteiger partial charge in [-0.05, 0) is 31.6 Å². The van der Waals surface area contributed by atoms with Crippen molar-refractivity contribution >= 4 is 5.91 Å². The first-order valence-electron chi connectivity index (χ1n) is 8.28.